The van der Waals surface area contributed by atoms with E-state index in [0.29, 0.717) is 17.8 Å². The topological polar surface area (TPSA) is 46.2 Å². The van der Waals surface area contributed by atoms with Crippen molar-refractivity contribution >= 4 is 44.8 Å². The van der Waals surface area contributed by atoms with E-state index in [9.17, 15) is 8.42 Å². The quantitative estimate of drug-likeness (QED) is 0.742. The maximum absolute atomic E-state index is 12.9. The van der Waals surface area contributed by atoms with Gasteiger partial charge in [-0.3, -0.25) is 0 Å². The minimum absolute atomic E-state index is 0.0179. The lowest BCUT2D eigenvalue weighted by Crippen LogP contribution is -2.59. The molecule has 3 nitrogen and oxygen atoms in total. The molecule has 0 atom stereocenters. The number of hydrogen-bond donors (Lipinski definition) is 1. The average Bonchev–Trinajstić information content (AvgIpc) is 2.39. The molecule has 4 aliphatic rings. The molecule has 0 radical (unpaired) electrons. The molecule has 0 aliphatic heterocycles. The van der Waals surface area contributed by atoms with Crippen molar-refractivity contribution in [3.05, 3.63) is 27.2 Å². The van der Waals surface area contributed by atoms with Gasteiger partial charge in [0.25, 0.3) is 0 Å². The van der Waals surface area contributed by atoms with Crippen LogP contribution in [0.2, 0.25) is 15.1 Å². The van der Waals surface area contributed by atoms with Gasteiger partial charge in [0.1, 0.15) is 4.90 Å². The fourth-order valence-electron chi connectivity index (χ4n) is 5.29. The second-order valence-electron chi connectivity index (χ2n) is 7.50. The lowest BCUT2D eigenvalue weighted by molar-refractivity contribution is -0.00810. The third-order valence-corrected chi connectivity index (χ3v) is 8.42. The average molecular weight is 395 g/mol. The highest BCUT2D eigenvalue weighted by Crippen LogP contribution is 2.56. The molecule has 4 bridgehead atoms. The predicted molar refractivity (Wildman–Crippen MR) is 92.7 cm³/mol. The molecule has 0 amide bonds. The summed E-state index contributed by atoms with van der Waals surface area (Å²) in [6.45, 7) is 0. The van der Waals surface area contributed by atoms with Gasteiger partial charge in [-0.1, -0.05) is 34.8 Å². The summed E-state index contributed by atoms with van der Waals surface area (Å²) < 4.78 is 28.8. The molecule has 4 aliphatic carbocycles. The van der Waals surface area contributed by atoms with Gasteiger partial charge in [0.05, 0.1) is 15.1 Å². The van der Waals surface area contributed by atoms with Crippen LogP contribution in [0.5, 0.6) is 0 Å². The minimum atomic E-state index is -3.72. The molecule has 7 heteroatoms. The molecule has 0 heterocycles. The van der Waals surface area contributed by atoms with E-state index in [1.165, 1.54) is 31.4 Å². The Morgan fingerprint density at radius 2 is 1.35 bits per heavy atom. The molecule has 1 N–H and O–H groups in total. The molecule has 0 unspecified atom stereocenters. The van der Waals surface area contributed by atoms with Crippen molar-refractivity contribution in [3.63, 3.8) is 0 Å². The Morgan fingerprint density at radius 3 is 1.87 bits per heavy atom. The van der Waals surface area contributed by atoms with Crippen molar-refractivity contribution in [1.29, 1.82) is 0 Å². The Bertz CT molecular complexity index is 728. The van der Waals surface area contributed by atoms with Gasteiger partial charge in [-0.05, 0) is 68.4 Å². The van der Waals surface area contributed by atoms with E-state index < -0.39 is 10.0 Å². The van der Waals surface area contributed by atoms with Gasteiger partial charge < -0.3 is 0 Å². The molecule has 1 aromatic carbocycles. The molecular formula is C16H18Cl3NO2S. The number of hydrogen-bond acceptors (Lipinski definition) is 2. The highest BCUT2D eigenvalue weighted by molar-refractivity contribution is 7.89. The van der Waals surface area contributed by atoms with Crippen molar-refractivity contribution in [3.8, 4) is 0 Å². The number of sulfonamides is 1. The zero-order valence-electron chi connectivity index (χ0n) is 12.5. The largest absolute Gasteiger partial charge is 0.242 e. The normalized spacial score (nSPS) is 35.7. The first-order chi connectivity index (χ1) is 10.8. The van der Waals surface area contributed by atoms with Crippen LogP contribution >= 0.6 is 34.8 Å². The second kappa shape index (κ2) is 5.50. The van der Waals surface area contributed by atoms with Gasteiger partial charge in [0.2, 0.25) is 10.0 Å². The van der Waals surface area contributed by atoms with Crippen molar-refractivity contribution in [2.75, 3.05) is 0 Å². The molecule has 23 heavy (non-hydrogen) atoms. The Hall–Kier alpha value is -0.000000000000000167. The summed E-state index contributed by atoms with van der Waals surface area (Å²) in [7, 11) is -3.72. The van der Waals surface area contributed by atoms with E-state index in [1.807, 2.05) is 0 Å². The van der Waals surface area contributed by atoms with Gasteiger partial charge in [0, 0.05) is 5.54 Å². The van der Waals surface area contributed by atoms with E-state index in [4.69, 9.17) is 34.8 Å². The van der Waals surface area contributed by atoms with Crippen LogP contribution in [0, 0.1) is 17.8 Å². The van der Waals surface area contributed by atoms with E-state index >= 15 is 0 Å². The smallest absolute Gasteiger partial charge is 0.207 e. The van der Waals surface area contributed by atoms with Crippen LogP contribution in [0.15, 0.2) is 17.0 Å². The molecule has 1 aromatic rings. The molecular weight excluding hydrogens is 377 g/mol. The predicted octanol–water partition coefficient (Wildman–Crippen LogP) is 4.89. The first kappa shape index (κ1) is 16.5. The zero-order valence-corrected chi connectivity index (χ0v) is 15.6. The second-order valence-corrected chi connectivity index (χ2v) is 10.4. The van der Waals surface area contributed by atoms with Crippen molar-refractivity contribution in [2.24, 2.45) is 17.8 Å². The summed E-state index contributed by atoms with van der Waals surface area (Å²) >= 11 is 18.0. The lowest BCUT2D eigenvalue weighted by atomic mass is 9.53. The molecule has 4 fully saturated rings. The molecule has 0 spiro atoms. The van der Waals surface area contributed by atoms with Gasteiger partial charge >= 0.3 is 0 Å². The first-order valence-electron chi connectivity index (χ1n) is 7.95. The van der Waals surface area contributed by atoms with E-state index in [-0.39, 0.29) is 25.5 Å². The highest BCUT2D eigenvalue weighted by Gasteiger charge is 2.52. The summed E-state index contributed by atoms with van der Waals surface area (Å²) in [6.07, 6.45) is 6.60. The number of nitrogens with one attached hydrogen (secondary N) is 1. The molecule has 5 rings (SSSR count). The Morgan fingerprint density at radius 1 is 0.870 bits per heavy atom. The van der Waals surface area contributed by atoms with Crippen molar-refractivity contribution in [2.45, 2.75) is 49.0 Å². The van der Waals surface area contributed by atoms with E-state index in [2.05, 4.69) is 4.72 Å². The van der Waals surface area contributed by atoms with Crippen LogP contribution in [-0.2, 0) is 10.0 Å². The van der Waals surface area contributed by atoms with Gasteiger partial charge in [-0.2, -0.15) is 0 Å². The molecule has 0 aromatic heterocycles. The number of halogens is 3. The van der Waals surface area contributed by atoms with Crippen molar-refractivity contribution < 1.29 is 8.42 Å². The SMILES string of the molecule is O=S(=O)(NC12CC3CC(CC(C3)C1)C2)c1cc(Cl)c(Cl)cc1Cl. The maximum Gasteiger partial charge on any atom is 0.242 e. The van der Waals surface area contributed by atoms with Gasteiger partial charge in [0.15, 0.2) is 0 Å². The third kappa shape index (κ3) is 2.91. The maximum atomic E-state index is 12.9. The summed E-state index contributed by atoms with van der Waals surface area (Å²) in [4.78, 5) is 0.0179. The summed E-state index contributed by atoms with van der Waals surface area (Å²) in [5.74, 6) is 1.98. The van der Waals surface area contributed by atoms with E-state index in [0.717, 1.165) is 19.3 Å². The molecule has 0 saturated heterocycles. The van der Waals surface area contributed by atoms with Gasteiger partial charge in [-0.15, -0.1) is 0 Å². The van der Waals surface area contributed by atoms with Crippen molar-refractivity contribution in [1.82, 2.24) is 4.72 Å². The molecule has 4 saturated carbocycles. The lowest BCUT2D eigenvalue weighted by Gasteiger charge is -2.56. The summed E-state index contributed by atoms with van der Waals surface area (Å²) in [5, 5.41) is 0.559. The van der Waals surface area contributed by atoms with Crippen LogP contribution in [0.3, 0.4) is 0 Å². The Balaban J connectivity index is 1.67. The van der Waals surface area contributed by atoms with Gasteiger partial charge in [-0.25, -0.2) is 13.1 Å². The fourth-order valence-corrected chi connectivity index (χ4v) is 7.72. The van der Waals surface area contributed by atoms with Crippen LogP contribution in [-0.4, -0.2) is 14.0 Å². The monoisotopic (exact) mass is 393 g/mol. The first-order valence-corrected chi connectivity index (χ1v) is 10.6. The van der Waals surface area contributed by atoms with Crippen LogP contribution in [0.25, 0.3) is 0 Å². The molecule has 126 valence electrons. The van der Waals surface area contributed by atoms with E-state index in [1.54, 1.807) is 0 Å². The fraction of sp³-hybridized carbons (Fsp3) is 0.625. The number of rotatable bonds is 3. The minimum Gasteiger partial charge on any atom is -0.207 e. The Labute approximate surface area is 151 Å². The summed E-state index contributed by atoms with van der Waals surface area (Å²) in [5.41, 5.74) is -0.303. The summed E-state index contributed by atoms with van der Waals surface area (Å²) in [6, 6.07) is 2.73. The Kier molecular flexibility index (Phi) is 3.94. The number of benzene rings is 1. The zero-order chi connectivity index (χ0) is 16.4. The van der Waals surface area contributed by atoms with Crippen LogP contribution < -0.4 is 4.72 Å². The third-order valence-electron chi connectivity index (χ3n) is 5.65. The highest BCUT2D eigenvalue weighted by atomic mass is 35.5. The standard InChI is InChI=1S/C16H18Cl3NO2S/c17-12-4-14(19)15(5-13(12)18)23(21,22)20-16-6-9-1-10(7-16)3-11(2-9)8-16/h4-5,9-11,20H,1-3,6-8H2. The van der Waals surface area contributed by atoms with Crippen LogP contribution in [0.4, 0.5) is 0 Å². The van der Waals surface area contributed by atoms with Crippen LogP contribution in [0.1, 0.15) is 38.5 Å².